The normalized spacial score (nSPS) is 10.6. The molecule has 37 heavy (non-hydrogen) atoms. The van der Waals surface area contributed by atoms with Gasteiger partial charge in [-0.1, -0.05) is 31.8 Å². The molecular formula is C31H35NO5. The first-order chi connectivity index (χ1) is 17.7. The molecule has 0 aliphatic rings. The molecule has 3 aromatic carbocycles. The summed E-state index contributed by atoms with van der Waals surface area (Å²) in [6.45, 7) is 8.40. The Morgan fingerprint density at radius 1 is 0.946 bits per heavy atom. The van der Waals surface area contributed by atoms with Crippen molar-refractivity contribution in [1.29, 1.82) is 0 Å². The molecule has 6 heteroatoms. The van der Waals surface area contributed by atoms with Gasteiger partial charge in [0.25, 0.3) is 0 Å². The van der Waals surface area contributed by atoms with Crippen molar-refractivity contribution in [3.63, 3.8) is 0 Å². The first kappa shape index (κ1) is 27.6. The highest BCUT2D eigenvalue weighted by atomic mass is 16.7. The Bertz CT molecular complexity index is 1280. The number of methoxy groups -OCH3 is 2. The van der Waals surface area contributed by atoms with E-state index in [2.05, 4.69) is 56.4 Å². The van der Waals surface area contributed by atoms with Gasteiger partial charge in [-0.2, -0.15) is 0 Å². The van der Waals surface area contributed by atoms with Gasteiger partial charge in [-0.15, -0.1) is 0 Å². The third kappa shape index (κ3) is 7.52. The Morgan fingerprint density at radius 3 is 2.22 bits per heavy atom. The zero-order chi connectivity index (χ0) is 26.9. The highest BCUT2D eigenvalue weighted by molar-refractivity contribution is 5.71. The minimum absolute atomic E-state index is 0.120. The molecule has 0 atom stereocenters. The van der Waals surface area contributed by atoms with Crippen molar-refractivity contribution in [3.05, 3.63) is 87.5 Å². The van der Waals surface area contributed by atoms with Crippen LogP contribution in [0.5, 0.6) is 11.5 Å². The molecule has 0 spiro atoms. The highest BCUT2D eigenvalue weighted by Gasteiger charge is 2.16. The van der Waals surface area contributed by atoms with Crippen LogP contribution in [0.2, 0.25) is 0 Å². The van der Waals surface area contributed by atoms with Crippen LogP contribution < -0.4 is 15.2 Å². The van der Waals surface area contributed by atoms with Crippen molar-refractivity contribution in [2.75, 3.05) is 33.4 Å². The molecular weight excluding hydrogens is 466 g/mol. The van der Waals surface area contributed by atoms with E-state index in [0.717, 1.165) is 45.6 Å². The van der Waals surface area contributed by atoms with Gasteiger partial charge in [-0.25, -0.2) is 4.79 Å². The smallest absolute Gasteiger partial charge is 0.343 e. The van der Waals surface area contributed by atoms with E-state index in [-0.39, 0.29) is 19.3 Å². The van der Waals surface area contributed by atoms with Gasteiger partial charge in [0.1, 0.15) is 11.5 Å². The average Bonchev–Trinajstić information content (AvgIpc) is 2.87. The summed E-state index contributed by atoms with van der Waals surface area (Å²) in [6.07, 6.45) is 0.718. The predicted molar refractivity (Wildman–Crippen MR) is 146 cm³/mol. The number of carbonyl (C=O) groups is 1. The summed E-state index contributed by atoms with van der Waals surface area (Å²) in [4.78, 5) is 11.5. The van der Waals surface area contributed by atoms with Crippen molar-refractivity contribution < 1.29 is 23.7 Å². The molecule has 0 amide bonds. The van der Waals surface area contributed by atoms with Crippen LogP contribution in [-0.2, 0) is 20.7 Å². The summed E-state index contributed by atoms with van der Waals surface area (Å²) in [7, 11) is 2.95. The van der Waals surface area contributed by atoms with Gasteiger partial charge >= 0.3 is 5.97 Å². The molecule has 0 fully saturated rings. The number of anilines is 1. The molecule has 0 bridgehead atoms. The summed E-state index contributed by atoms with van der Waals surface area (Å²) in [5.74, 6) is 7.75. The Hall–Kier alpha value is -3.95. The maximum Gasteiger partial charge on any atom is 0.343 e. The van der Waals surface area contributed by atoms with Crippen molar-refractivity contribution in [1.82, 2.24) is 0 Å². The minimum Gasteiger partial charge on any atom is -0.482 e. The molecule has 0 aromatic heterocycles. The largest absolute Gasteiger partial charge is 0.482 e. The van der Waals surface area contributed by atoms with Gasteiger partial charge in [0.2, 0.25) is 0 Å². The van der Waals surface area contributed by atoms with Crippen molar-refractivity contribution in [2.24, 2.45) is 0 Å². The molecule has 0 saturated heterocycles. The third-order valence-corrected chi connectivity index (χ3v) is 6.01. The van der Waals surface area contributed by atoms with Gasteiger partial charge in [-0.05, 0) is 96.5 Å². The average molecular weight is 502 g/mol. The van der Waals surface area contributed by atoms with Crippen LogP contribution >= 0.6 is 0 Å². The van der Waals surface area contributed by atoms with Crippen LogP contribution in [0, 0.1) is 25.7 Å². The van der Waals surface area contributed by atoms with Crippen LogP contribution in [0.1, 0.15) is 58.7 Å². The van der Waals surface area contributed by atoms with E-state index in [1.807, 2.05) is 36.4 Å². The minimum atomic E-state index is -0.413. The van der Waals surface area contributed by atoms with Gasteiger partial charge in [-0.3, -0.25) is 0 Å². The van der Waals surface area contributed by atoms with Gasteiger partial charge in [0.05, 0.1) is 12.7 Å². The molecule has 0 heterocycles. The fourth-order valence-corrected chi connectivity index (χ4v) is 4.04. The second kappa shape index (κ2) is 12.8. The molecule has 0 radical (unpaired) electrons. The van der Waals surface area contributed by atoms with E-state index in [9.17, 15) is 4.79 Å². The lowest BCUT2D eigenvalue weighted by Crippen LogP contribution is -2.13. The Labute approximate surface area is 219 Å². The number of benzene rings is 3. The Kier molecular flexibility index (Phi) is 9.59. The number of nitrogens with two attached hydrogens (primary N) is 1. The maximum absolute atomic E-state index is 11.5. The van der Waals surface area contributed by atoms with Crippen LogP contribution in [0.15, 0.2) is 48.5 Å². The summed E-state index contributed by atoms with van der Waals surface area (Å²) in [5, 5.41) is 0. The number of ether oxygens (including phenoxy) is 4. The first-order valence-electron chi connectivity index (χ1n) is 12.2. The van der Waals surface area contributed by atoms with Crippen LogP contribution in [-0.4, -0.2) is 33.6 Å². The van der Waals surface area contributed by atoms with Crippen LogP contribution in [0.25, 0.3) is 0 Å². The molecule has 194 valence electrons. The zero-order valence-corrected chi connectivity index (χ0v) is 22.4. The Morgan fingerprint density at radius 2 is 1.62 bits per heavy atom. The van der Waals surface area contributed by atoms with Crippen molar-refractivity contribution in [3.8, 4) is 23.3 Å². The number of rotatable bonds is 9. The maximum atomic E-state index is 11.5. The number of hydrogen-bond acceptors (Lipinski definition) is 6. The number of carbonyl (C=O) groups excluding carboxylic acids is 1. The molecule has 3 rings (SSSR count). The quantitative estimate of drug-likeness (QED) is 0.180. The standard InChI is InChI=1S/C31H35NO5/c1-20(2)28-16-24(17-29-21(3)13-27(14-22(29)4)36-18-30(33)35-6)15-25(31(28)37-19-34-5)10-7-23-8-11-26(32)12-9-23/h8-9,11-16,20H,17-19,32H2,1-6H3. The summed E-state index contributed by atoms with van der Waals surface area (Å²) >= 11 is 0. The summed E-state index contributed by atoms with van der Waals surface area (Å²) < 4.78 is 21.5. The number of nitrogen functional groups attached to an aromatic ring is 1. The molecule has 0 saturated carbocycles. The lowest BCUT2D eigenvalue weighted by molar-refractivity contribution is -0.142. The van der Waals surface area contributed by atoms with E-state index >= 15 is 0 Å². The second-order valence-corrected chi connectivity index (χ2v) is 9.22. The fourth-order valence-electron chi connectivity index (χ4n) is 4.04. The molecule has 3 aromatic rings. The number of esters is 1. The number of aryl methyl sites for hydroxylation is 2. The highest BCUT2D eigenvalue weighted by Crippen LogP contribution is 2.33. The molecule has 2 N–H and O–H groups in total. The van der Waals surface area contributed by atoms with E-state index in [4.69, 9.17) is 19.9 Å². The van der Waals surface area contributed by atoms with Gasteiger partial charge < -0.3 is 24.7 Å². The SMILES string of the molecule is COCOc1c(C#Cc2ccc(N)cc2)cc(Cc2c(C)cc(OCC(=O)OC)cc2C)cc1C(C)C. The third-order valence-electron chi connectivity index (χ3n) is 6.01. The molecule has 6 nitrogen and oxygen atoms in total. The number of hydrogen-bond donors (Lipinski definition) is 1. The monoisotopic (exact) mass is 501 g/mol. The molecule has 0 unspecified atom stereocenters. The van der Waals surface area contributed by atoms with E-state index < -0.39 is 5.97 Å². The lowest BCUT2D eigenvalue weighted by Gasteiger charge is -2.19. The van der Waals surface area contributed by atoms with Crippen LogP contribution in [0.3, 0.4) is 0 Å². The van der Waals surface area contributed by atoms with Gasteiger partial charge in [0.15, 0.2) is 13.4 Å². The second-order valence-electron chi connectivity index (χ2n) is 9.22. The summed E-state index contributed by atoms with van der Waals surface area (Å²) in [5.41, 5.74) is 13.8. The molecule has 0 aliphatic heterocycles. The fraction of sp³-hybridized carbons (Fsp3) is 0.323. The van der Waals surface area contributed by atoms with E-state index in [1.165, 1.54) is 12.7 Å². The molecule has 0 aliphatic carbocycles. The van der Waals surface area contributed by atoms with E-state index in [0.29, 0.717) is 11.4 Å². The van der Waals surface area contributed by atoms with Crippen LogP contribution in [0.4, 0.5) is 5.69 Å². The van der Waals surface area contributed by atoms with E-state index in [1.54, 1.807) is 7.11 Å². The summed E-state index contributed by atoms with van der Waals surface area (Å²) in [6, 6.07) is 15.7. The van der Waals surface area contributed by atoms with Crippen molar-refractivity contribution >= 4 is 11.7 Å². The predicted octanol–water partition coefficient (Wildman–Crippen LogP) is 5.53. The van der Waals surface area contributed by atoms with Crippen molar-refractivity contribution in [2.45, 2.75) is 40.0 Å². The zero-order valence-electron chi connectivity index (χ0n) is 22.4. The Balaban J connectivity index is 2.01. The van der Waals surface area contributed by atoms with Gasteiger partial charge in [0, 0.05) is 18.4 Å². The lowest BCUT2D eigenvalue weighted by atomic mass is 9.91. The topological polar surface area (TPSA) is 80.0 Å². The first-order valence-corrected chi connectivity index (χ1v) is 12.2.